The van der Waals surface area contributed by atoms with Gasteiger partial charge in [0, 0.05) is 25.7 Å². The van der Waals surface area contributed by atoms with E-state index in [2.05, 4.69) is 12.0 Å². The van der Waals surface area contributed by atoms with Crippen molar-refractivity contribution < 1.29 is 14.3 Å². The van der Waals surface area contributed by atoms with Gasteiger partial charge in [-0.1, -0.05) is 0 Å². The van der Waals surface area contributed by atoms with Crippen molar-refractivity contribution in [2.24, 2.45) is 0 Å². The molecule has 0 atom stereocenters. The van der Waals surface area contributed by atoms with Crippen LogP contribution in [-0.2, 0) is 0 Å². The van der Waals surface area contributed by atoms with Gasteiger partial charge in [0.1, 0.15) is 0 Å². The van der Waals surface area contributed by atoms with Gasteiger partial charge < -0.3 is 14.4 Å². The van der Waals surface area contributed by atoms with Gasteiger partial charge in [0.2, 0.25) is 5.78 Å². The molecule has 0 saturated heterocycles. The standard InChI is InChI=1S/C13H15NO3/c1-14(2)8-7-11(15)10-5-6-12(16-3)13(9-10)17-4/h5-6,9H,1-4H3. The summed E-state index contributed by atoms with van der Waals surface area (Å²) in [5.41, 5.74) is 0.483. The zero-order valence-corrected chi connectivity index (χ0v) is 10.4. The van der Waals surface area contributed by atoms with Crippen molar-refractivity contribution in [3.63, 3.8) is 0 Å². The Morgan fingerprint density at radius 1 is 1.18 bits per heavy atom. The summed E-state index contributed by atoms with van der Waals surface area (Å²) in [6.45, 7) is 0. The van der Waals surface area contributed by atoms with Crippen molar-refractivity contribution in [1.82, 2.24) is 4.90 Å². The number of ether oxygens (including phenoxy) is 2. The summed E-state index contributed by atoms with van der Waals surface area (Å²) >= 11 is 0. The van der Waals surface area contributed by atoms with Gasteiger partial charge in [-0.15, -0.1) is 0 Å². The van der Waals surface area contributed by atoms with E-state index in [-0.39, 0.29) is 5.78 Å². The summed E-state index contributed by atoms with van der Waals surface area (Å²) in [5, 5.41) is 0. The molecule has 0 spiro atoms. The SMILES string of the molecule is COc1ccc(C(=O)C#CN(C)C)cc1OC. The number of carbonyl (C=O) groups is 1. The first-order valence-electron chi connectivity index (χ1n) is 5.03. The maximum absolute atomic E-state index is 11.7. The topological polar surface area (TPSA) is 38.8 Å². The van der Waals surface area contributed by atoms with Crippen molar-refractivity contribution in [1.29, 1.82) is 0 Å². The van der Waals surface area contributed by atoms with Crippen molar-refractivity contribution >= 4 is 5.78 Å². The molecule has 0 heterocycles. The molecular formula is C13H15NO3. The quantitative estimate of drug-likeness (QED) is 0.449. The zero-order chi connectivity index (χ0) is 12.8. The lowest BCUT2D eigenvalue weighted by Crippen LogP contribution is -2.04. The van der Waals surface area contributed by atoms with Crippen molar-refractivity contribution in [2.45, 2.75) is 0 Å². The highest BCUT2D eigenvalue weighted by atomic mass is 16.5. The average Bonchev–Trinajstić information content (AvgIpc) is 2.34. The summed E-state index contributed by atoms with van der Waals surface area (Å²) in [6, 6.07) is 7.63. The lowest BCUT2D eigenvalue weighted by molar-refractivity contribution is 0.105. The molecule has 17 heavy (non-hydrogen) atoms. The normalized spacial score (nSPS) is 8.94. The Balaban J connectivity index is 3.01. The van der Waals surface area contributed by atoms with E-state index < -0.39 is 0 Å². The fourth-order valence-electron chi connectivity index (χ4n) is 1.21. The molecule has 4 nitrogen and oxygen atoms in total. The van der Waals surface area contributed by atoms with Gasteiger partial charge in [-0.3, -0.25) is 4.79 Å². The van der Waals surface area contributed by atoms with Crippen LogP contribution in [0.15, 0.2) is 18.2 Å². The minimum Gasteiger partial charge on any atom is -0.493 e. The molecule has 4 heteroatoms. The first-order valence-corrected chi connectivity index (χ1v) is 5.03. The molecule has 1 aromatic carbocycles. The van der Waals surface area contributed by atoms with Crippen LogP contribution in [0, 0.1) is 12.0 Å². The minimum absolute atomic E-state index is 0.250. The number of ketones is 1. The minimum atomic E-state index is -0.250. The van der Waals surface area contributed by atoms with Crippen LogP contribution in [0.5, 0.6) is 11.5 Å². The first kappa shape index (κ1) is 12.9. The highest BCUT2D eigenvalue weighted by Crippen LogP contribution is 2.27. The van der Waals surface area contributed by atoms with Crippen LogP contribution < -0.4 is 9.47 Å². The van der Waals surface area contributed by atoms with Crippen LogP contribution in [0.1, 0.15) is 10.4 Å². The number of hydrogen-bond donors (Lipinski definition) is 0. The average molecular weight is 233 g/mol. The summed E-state index contributed by atoms with van der Waals surface area (Å²) in [7, 11) is 6.62. The Hall–Kier alpha value is -2.15. The van der Waals surface area contributed by atoms with Gasteiger partial charge in [-0.05, 0) is 24.1 Å². The molecule has 0 unspecified atom stereocenters. The van der Waals surface area contributed by atoms with E-state index >= 15 is 0 Å². The maximum Gasteiger partial charge on any atom is 0.237 e. The molecular weight excluding hydrogens is 218 g/mol. The van der Waals surface area contributed by atoms with Gasteiger partial charge in [0.05, 0.1) is 14.2 Å². The number of methoxy groups -OCH3 is 2. The highest BCUT2D eigenvalue weighted by molar-refractivity contribution is 6.09. The second-order valence-corrected chi connectivity index (χ2v) is 3.53. The van der Waals surface area contributed by atoms with Crippen LogP contribution in [0.4, 0.5) is 0 Å². The predicted molar refractivity (Wildman–Crippen MR) is 65.3 cm³/mol. The molecule has 1 rings (SSSR count). The molecule has 0 N–H and O–H groups in total. The monoisotopic (exact) mass is 233 g/mol. The van der Waals surface area contributed by atoms with Crippen LogP contribution >= 0.6 is 0 Å². The Bertz CT molecular complexity index is 469. The number of carbonyl (C=O) groups excluding carboxylic acids is 1. The molecule has 0 aliphatic heterocycles. The fourth-order valence-corrected chi connectivity index (χ4v) is 1.21. The van der Waals surface area contributed by atoms with Gasteiger partial charge in [-0.25, -0.2) is 0 Å². The van der Waals surface area contributed by atoms with Crippen molar-refractivity contribution in [3.8, 4) is 23.5 Å². The lowest BCUT2D eigenvalue weighted by atomic mass is 10.1. The summed E-state index contributed by atoms with van der Waals surface area (Å²) in [4.78, 5) is 13.3. The summed E-state index contributed by atoms with van der Waals surface area (Å²) in [5.74, 6) is 3.38. The molecule has 0 aliphatic carbocycles. The zero-order valence-electron chi connectivity index (χ0n) is 10.4. The molecule has 0 fully saturated rings. The highest BCUT2D eigenvalue weighted by Gasteiger charge is 2.08. The van der Waals surface area contributed by atoms with E-state index in [0.29, 0.717) is 17.1 Å². The van der Waals surface area contributed by atoms with Crippen LogP contribution in [-0.4, -0.2) is 39.0 Å². The van der Waals surface area contributed by atoms with Crippen LogP contribution in [0.25, 0.3) is 0 Å². The maximum atomic E-state index is 11.7. The second-order valence-electron chi connectivity index (χ2n) is 3.53. The molecule has 0 bridgehead atoms. The third-order valence-corrected chi connectivity index (χ3v) is 2.04. The smallest absolute Gasteiger partial charge is 0.237 e. The Labute approximate surface area is 101 Å². The number of Topliss-reactive ketones (excluding diaryl/α,β-unsaturated/α-hetero) is 1. The van der Waals surface area contributed by atoms with Crippen LogP contribution in [0.2, 0.25) is 0 Å². The molecule has 0 amide bonds. The van der Waals surface area contributed by atoms with Crippen molar-refractivity contribution in [2.75, 3.05) is 28.3 Å². The number of rotatable bonds is 3. The number of nitrogens with zero attached hydrogens (tertiary/aromatic N) is 1. The number of benzene rings is 1. The van der Waals surface area contributed by atoms with E-state index in [1.165, 1.54) is 7.11 Å². The van der Waals surface area contributed by atoms with Gasteiger partial charge >= 0.3 is 0 Å². The molecule has 0 radical (unpaired) electrons. The molecule has 1 aromatic rings. The summed E-state index contributed by atoms with van der Waals surface area (Å²) < 4.78 is 10.2. The molecule has 0 aliphatic rings. The Morgan fingerprint density at radius 2 is 1.82 bits per heavy atom. The van der Waals surface area contributed by atoms with Gasteiger partial charge in [-0.2, -0.15) is 0 Å². The Kier molecular flexibility index (Phi) is 4.41. The van der Waals surface area contributed by atoms with Gasteiger partial charge in [0.15, 0.2) is 11.5 Å². The van der Waals surface area contributed by atoms with E-state index in [1.807, 2.05) is 0 Å². The van der Waals surface area contributed by atoms with E-state index in [4.69, 9.17) is 9.47 Å². The molecule has 0 saturated carbocycles. The first-order chi connectivity index (χ1) is 8.08. The molecule has 0 aromatic heterocycles. The lowest BCUT2D eigenvalue weighted by Gasteiger charge is -2.07. The summed E-state index contributed by atoms with van der Waals surface area (Å²) in [6.07, 6.45) is 0. The number of hydrogen-bond acceptors (Lipinski definition) is 4. The Morgan fingerprint density at radius 3 is 2.35 bits per heavy atom. The third kappa shape index (κ3) is 3.42. The van der Waals surface area contributed by atoms with E-state index in [0.717, 1.165) is 0 Å². The van der Waals surface area contributed by atoms with E-state index in [9.17, 15) is 4.79 Å². The van der Waals surface area contributed by atoms with Crippen LogP contribution in [0.3, 0.4) is 0 Å². The second kappa shape index (κ2) is 5.80. The van der Waals surface area contributed by atoms with E-state index in [1.54, 1.807) is 44.3 Å². The molecule has 90 valence electrons. The van der Waals surface area contributed by atoms with Crippen molar-refractivity contribution in [3.05, 3.63) is 23.8 Å². The predicted octanol–water partition coefficient (Wildman–Crippen LogP) is 1.41. The van der Waals surface area contributed by atoms with Gasteiger partial charge in [0.25, 0.3) is 0 Å². The fraction of sp³-hybridized carbons (Fsp3) is 0.308. The largest absolute Gasteiger partial charge is 0.493 e. The third-order valence-electron chi connectivity index (χ3n) is 2.04.